The molecule has 0 atom stereocenters. The second-order valence-electron chi connectivity index (χ2n) is 6.55. The van der Waals surface area contributed by atoms with Crippen molar-refractivity contribution in [1.82, 2.24) is 23.7 Å². The Kier molecular flexibility index (Phi) is 5.36. The first-order valence-electron chi connectivity index (χ1n) is 8.32. The lowest BCUT2D eigenvalue weighted by Crippen LogP contribution is -2.40. The van der Waals surface area contributed by atoms with E-state index >= 15 is 0 Å². The van der Waals surface area contributed by atoms with Gasteiger partial charge in [0.05, 0.1) is 24.1 Å². The minimum Gasteiger partial charge on any atom is -0.378 e. The Bertz CT molecular complexity index is 1170. The zero-order chi connectivity index (χ0) is 23.4. The topological polar surface area (TPSA) is 66.3 Å². The summed E-state index contributed by atoms with van der Waals surface area (Å²) in [5.74, 6) is -5.56. The number of aryl methyl sites for hydroxylation is 1. The summed E-state index contributed by atoms with van der Waals surface area (Å²) in [6.07, 6.45) is -8.75. The maximum atomic E-state index is 13.6. The Hall–Kier alpha value is -2.97. The number of ether oxygens (including phenoxy) is 1. The average molecular weight is 459 g/mol. The van der Waals surface area contributed by atoms with Gasteiger partial charge in [-0.3, -0.25) is 13.9 Å². The first kappa shape index (κ1) is 22.7. The molecule has 0 fully saturated rings. The molecule has 7 nitrogen and oxygen atoms in total. The third-order valence-corrected chi connectivity index (χ3v) is 4.36. The van der Waals surface area contributed by atoms with E-state index in [4.69, 9.17) is 4.74 Å². The van der Waals surface area contributed by atoms with Crippen LogP contribution < -0.4 is 5.56 Å². The van der Waals surface area contributed by atoms with Gasteiger partial charge in [0.25, 0.3) is 5.56 Å². The highest BCUT2D eigenvalue weighted by atomic mass is 19.4. The number of hydrogen-bond donors (Lipinski definition) is 0. The molecule has 31 heavy (non-hydrogen) atoms. The van der Waals surface area contributed by atoms with Crippen molar-refractivity contribution < 1.29 is 39.9 Å². The molecule has 0 radical (unpaired) electrons. The van der Waals surface area contributed by atoms with Crippen LogP contribution in [0.3, 0.4) is 0 Å². The number of imidazole rings is 1. The summed E-state index contributed by atoms with van der Waals surface area (Å²) in [5.41, 5.74) is -4.20. The summed E-state index contributed by atoms with van der Waals surface area (Å²) in [7, 11) is 2.68. The van der Waals surface area contributed by atoms with Crippen LogP contribution in [-0.2, 0) is 31.1 Å². The number of nitrogens with zero attached hydrogens (tertiary/aromatic N) is 5. The second-order valence-corrected chi connectivity index (χ2v) is 6.55. The van der Waals surface area contributed by atoms with Crippen LogP contribution in [0.5, 0.6) is 0 Å². The van der Waals surface area contributed by atoms with E-state index in [-0.39, 0.29) is 17.1 Å². The molecule has 15 heteroatoms. The van der Waals surface area contributed by atoms with Crippen LogP contribution >= 0.6 is 0 Å². The highest BCUT2D eigenvalue weighted by molar-refractivity contribution is 5.65. The lowest BCUT2D eigenvalue weighted by molar-refractivity contribution is -0.287. The van der Waals surface area contributed by atoms with Crippen molar-refractivity contribution in [3.05, 3.63) is 40.3 Å². The largest absolute Gasteiger partial charge is 0.455 e. The molecule has 0 bridgehead atoms. The van der Waals surface area contributed by atoms with Crippen LogP contribution in [0.25, 0.3) is 16.9 Å². The summed E-state index contributed by atoms with van der Waals surface area (Å²) in [6, 6.07) is 0. The van der Waals surface area contributed by atoms with Crippen LogP contribution in [0.15, 0.2) is 23.4 Å². The van der Waals surface area contributed by atoms with Crippen LogP contribution in [-0.4, -0.2) is 42.9 Å². The molecular weight excluding hydrogens is 446 g/mol. The minimum atomic E-state index is -5.89. The molecule has 3 rings (SSSR count). The fourth-order valence-corrected chi connectivity index (χ4v) is 2.86. The maximum Gasteiger partial charge on any atom is 0.455 e. The number of aromatic nitrogens is 5. The molecule has 0 N–H and O–H groups in total. The molecule has 0 saturated heterocycles. The van der Waals surface area contributed by atoms with E-state index < -0.39 is 47.2 Å². The third kappa shape index (κ3) is 4.00. The quantitative estimate of drug-likeness (QED) is 0.550. The monoisotopic (exact) mass is 459 g/mol. The van der Waals surface area contributed by atoms with Gasteiger partial charge in [0, 0.05) is 32.1 Å². The van der Waals surface area contributed by atoms with Gasteiger partial charge in [-0.25, -0.2) is 4.98 Å². The maximum absolute atomic E-state index is 13.6. The number of hydrogen-bond acceptors (Lipinski definition) is 4. The van der Waals surface area contributed by atoms with Crippen LogP contribution in [0.2, 0.25) is 0 Å². The lowest BCUT2D eigenvalue weighted by atomic mass is 10.1. The van der Waals surface area contributed by atoms with Gasteiger partial charge < -0.3 is 9.30 Å². The molecule has 0 amide bonds. The van der Waals surface area contributed by atoms with Crippen LogP contribution in [0.4, 0.5) is 35.1 Å². The lowest BCUT2D eigenvalue weighted by Gasteiger charge is -2.19. The fourth-order valence-electron chi connectivity index (χ4n) is 2.86. The van der Waals surface area contributed by atoms with E-state index in [0.29, 0.717) is 18.1 Å². The molecule has 0 aliphatic carbocycles. The summed E-state index contributed by atoms with van der Waals surface area (Å²) < 4.78 is 112. The van der Waals surface area contributed by atoms with Crippen molar-refractivity contribution in [2.45, 2.75) is 31.4 Å². The number of alkyl halides is 8. The normalized spacial score (nSPS) is 13.4. The predicted octanol–water partition coefficient (Wildman–Crippen LogP) is 3.26. The van der Waals surface area contributed by atoms with Gasteiger partial charge in [0.2, 0.25) is 5.78 Å². The van der Waals surface area contributed by atoms with Crippen molar-refractivity contribution >= 4 is 5.78 Å². The predicted molar refractivity (Wildman–Crippen MR) is 88.4 cm³/mol. The van der Waals surface area contributed by atoms with E-state index in [9.17, 15) is 39.9 Å². The first-order chi connectivity index (χ1) is 14.2. The molecule has 3 aromatic rings. The van der Waals surface area contributed by atoms with E-state index in [2.05, 4.69) is 10.1 Å². The molecule has 0 aliphatic heterocycles. The highest BCUT2D eigenvalue weighted by Crippen LogP contribution is 2.37. The Morgan fingerprint density at radius 2 is 1.71 bits per heavy atom. The second kappa shape index (κ2) is 7.32. The van der Waals surface area contributed by atoms with Gasteiger partial charge in [-0.2, -0.15) is 40.2 Å². The standard InChI is InChI=1S/C16H13F8N5O2/c1-27-9(6-31-2)5-29-12(30)10(11(15(19,20)21)26-13(27)29)8-3-25-28(4-8)7-14(17,18)16(22,23)24/h3-5H,6-7H2,1-2H3. The fraction of sp³-hybridized carbons (Fsp3) is 0.438. The Balaban J connectivity index is 2.19. The number of halogens is 8. The van der Waals surface area contributed by atoms with Crippen molar-refractivity contribution in [1.29, 1.82) is 0 Å². The van der Waals surface area contributed by atoms with Gasteiger partial charge in [0.1, 0.15) is 6.54 Å². The molecule has 3 aromatic heterocycles. The van der Waals surface area contributed by atoms with Crippen molar-refractivity contribution in [3.8, 4) is 11.1 Å². The van der Waals surface area contributed by atoms with Gasteiger partial charge in [0.15, 0.2) is 5.69 Å². The smallest absolute Gasteiger partial charge is 0.378 e. The highest BCUT2D eigenvalue weighted by Gasteiger charge is 2.57. The van der Waals surface area contributed by atoms with Crippen LogP contribution in [0, 0.1) is 0 Å². The molecule has 0 saturated carbocycles. The SMILES string of the molecule is COCc1cn2c(=O)c(-c3cnn(CC(F)(F)C(F)(F)F)c3)c(C(F)(F)F)nc2n1C. The zero-order valence-corrected chi connectivity index (χ0v) is 15.7. The molecule has 0 aromatic carbocycles. The third-order valence-electron chi connectivity index (χ3n) is 4.36. The molecule has 170 valence electrons. The van der Waals surface area contributed by atoms with Crippen molar-refractivity contribution in [3.63, 3.8) is 0 Å². The molecule has 3 heterocycles. The molecule has 0 unspecified atom stereocenters. The Morgan fingerprint density at radius 1 is 1.06 bits per heavy atom. The van der Waals surface area contributed by atoms with Gasteiger partial charge in [-0.1, -0.05) is 0 Å². The average Bonchev–Trinajstić information content (AvgIpc) is 3.19. The molecule has 0 aliphatic rings. The van der Waals surface area contributed by atoms with E-state index in [1.165, 1.54) is 24.9 Å². The number of methoxy groups -OCH3 is 1. The summed E-state index contributed by atoms with van der Waals surface area (Å²) in [5, 5.41) is 3.26. The van der Waals surface area contributed by atoms with Gasteiger partial charge in [-0.15, -0.1) is 0 Å². The van der Waals surface area contributed by atoms with E-state index in [0.717, 1.165) is 4.40 Å². The summed E-state index contributed by atoms with van der Waals surface area (Å²) in [4.78, 5) is 16.3. The molecule has 0 spiro atoms. The van der Waals surface area contributed by atoms with Crippen LogP contribution in [0.1, 0.15) is 11.4 Å². The van der Waals surface area contributed by atoms with Gasteiger partial charge >= 0.3 is 18.3 Å². The number of rotatable bonds is 5. The van der Waals surface area contributed by atoms with E-state index in [1.807, 2.05) is 0 Å². The Labute approximate surface area is 167 Å². The van der Waals surface area contributed by atoms with E-state index in [1.54, 1.807) is 0 Å². The summed E-state index contributed by atoms with van der Waals surface area (Å²) >= 11 is 0. The zero-order valence-electron chi connectivity index (χ0n) is 15.7. The molecular formula is C16H13F8N5O2. The van der Waals surface area contributed by atoms with Crippen molar-refractivity contribution in [2.24, 2.45) is 7.05 Å². The minimum absolute atomic E-state index is 0.0551. The number of fused-ring (bicyclic) bond motifs is 1. The van der Waals surface area contributed by atoms with Crippen molar-refractivity contribution in [2.75, 3.05) is 7.11 Å². The Morgan fingerprint density at radius 3 is 2.26 bits per heavy atom. The summed E-state index contributed by atoms with van der Waals surface area (Å²) in [6.45, 7) is -2.03. The first-order valence-corrected chi connectivity index (χ1v) is 8.32. The van der Waals surface area contributed by atoms with Gasteiger partial charge in [-0.05, 0) is 0 Å².